The number of rotatable bonds is 2. The van der Waals surface area contributed by atoms with E-state index in [1.165, 1.54) is 0 Å². The number of carbonyl (C=O) groups excluding carboxylic acids is 1. The van der Waals surface area contributed by atoms with E-state index in [4.69, 9.17) is 5.73 Å². The van der Waals surface area contributed by atoms with Crippen molar-refractivity contribution >= 4 is 11.6 Å². The molecule has 72 valence electrons. The molecule has 0 saturated carbocycles. The molecule has 0 saturated heterocycles. The lowest BCUT2D eigenvalue weighted by molar-refractivity contribution is -0.117. The van der Waals surface area contributed by atoms with Crippen LogP contribution in [0.5, 0.6) is 0 Å². The average Bonchev–Trinajstić information content (AvgIpc) is 2.53. The van der Waals surface area contributed by atoms with Gasteiger partial charge in [0.05, 0.1) is 6.42 Å². The fourth-order valence-electron chi connectivity index (χ4n) is 1.71. The van der Waals surface area contributed by atoms with Crippen LogP contribution in [0.3, 0.4) is 0 Å². The molecular formula is C11H12N2O. The van der Waals surface area contributed by atoms with Gasteiger partial charge in [0.25, 0.3) is 0 Å². The molecule has 0 radical (unpaired) electrons. The Balaban J connectivity index is 2.44. The Morgan fingerprint density at radius 1 is 1.50 bits per heavy atom. The van der Waals surface area contributed by atoms with Crippen molar-refractivity contribution in [3.8, 4) is 0 Å². The first-order valence-corrected chi connectivity index (χ1v) is 4.52. The second-order valence-corrected chi connectivity index (χ2v) is 3.30. The van der Waals surface area contributed by atoms with Crippen LogP contribution in [0.15, 0.2) is 36.9 Å². The number of amides is 1. The molecule has 14 heavy (non-hydrogen) atoms. The quantitative estimate of drug-likeness (QED) is 0.705. The maximum atomic E-state index is 11.6. The predicted octanol–water partition coefficient (Wildman–Crippen LogP) is 1.05. The van der Waals surface area contributed by atoms with E-state index in [1.54, 1.807) is 11.0 Å². The highest BCUT2D eigenvalue weighted by atomic mass is 16.2. The van der Waals surface area contributed by atoms with Gasteiger partial charge in [-0.25, -0.2) is 0 Å². The van der Waals surface area contributed by atoms with Crippen molar-refractivity contribution in [1.29, 1.82) is 0 Å². The molecule has 1 aromatic rings. The molecule has 0 fully saturated rings. The van der Waals surface area contributed by atoms with E-state index in [1.807, 2.05) is 24.3 Å². The van der Waals surface area contributed by atoms with E-state index in [9.17, 15) is 4.79 Å². The lowest BCUT2D eigenvalue weighted by Gasteiger charge is -2.21. The third kappa shape index (κ3) is 1.22. The van der Waals surface area contributed by atoms with Gasteiger partial charge in [-0.15, -0.1) is 0 Å². The number of fused-ring (bicyclic) bond motifs is 1. The highest BCUT2D eigenvalue weighted by molar-refractivity contribution is 6.02. The van der Waals surface area contributed by atoms with E-state index in [0.717, 1.165) is 11.3 Å². The molecule has 3 heteroatoms. The minimum atomic E-state index is -0.425. The Morgan fingerprint density at radius 2 is 2.21 bits per heavy atom. The molecule has 1 unspecified atom stereocenters. The zero-order valence-corrected chi connectivity index (χ0v) is 7.81. The minimum Gasteiger partial charge on any atom is -0.308 e. The van der Waals surface area contributed by atoms with Crippen molar-refractivity contribution in [3.63, 3.8) is 0 Å². The molecule has 1 heterocycles. The zero-order chi connectivity index (χ0) is 10.1. The summed E-state index contributed by atoms with van der Waals surface area (Å²) in [6, 6.07) is 7.68. The van der Waals surface area contributed by atoms with Gasteiger partial charge >= 0.3 is 0 Å². The highest BCUT2D eigenvalue weighted by Crippen LogP contribution is 2.29. The molecule has 0 aliphatic carbocycles. The minimum absolute atomic E-state index is 0.0404. The number of nitrogens with two attached hydrogens (primary N) is 1. The highest BCUT2D eigenvalue weighted by Gasteiger charge is 2.29. The molecule has 1 aromatic carbocycles. The summed E-state index contributed by atoms with van der Waals surface area (Å²) >= 11 is 0. The molecule has 2 rings (SSSR count). The van der Waals surface area contributed by atoms with E-state index in [-0.39, 0.29) is 5.91 Å². The summed E-state index contributed by atoms with van der Waals surface area (Å²) in [5.74, 6) is 0.0404. The van der Waals surface area contributed by atoms with Gasteiger partial charge in [0.15, 0.2) is 0 Å². The van der Waals surface area contributed by atoms with E-state index >= 15 is 0 Å². The van der Waals surface area contributed by atoms with Gasteiger partial charge in [-0.05, 0) is 11.6 Å². The number of benzene rings is 1. The molecule has 0 spiro atoms. The van der Waals surface area contributed by atoms with Crippen molar-refractivity contribution in [3.05, 3.63) is 42.5 Å². The second kappa shape index (κ2) is 3.27. The summed E-state index contributed by atoms with van der Waals surface area (Å²) in [7, 11) is 0. The first-order valence-electron chi connectivity index (χ1n) is 4.52. The third-order valence-corrected chi connectivity index (χ3v) is 2.40. The van der Waals surface area contributed by atoms with E-state index in [2.05, 4.69) is 6.58 Å². The Hall–Kier alpha value is -1.61. The number of nitrogens with zero attached hydrogens (tertiary/aromatic N) is 1. The molecule has 1 atom stereocenters. The summed E-state index contributed by atoms with van der Waals surface area (Å²) < 4.78 is 0. The summed E-state index contributed by atoms with van der Waals surface area (Å²) in [5, 5.41) is 0. The summed E-state index contributed by atoms with van der Waals surface area (Å²) in [4.78, 5) is 13.2. The zero-order valence-electron chi connectivity index (χ0n) is 7.81. The SMILES string of the molecule is C=CC(N)N1C(=O)Cc2ccccc21. The monoisotopic (exact) mass is 188 g/mol. The van der Waals surface area contributed by atoms with Crippen LogP contribution < -0.4 is 10.6 Å². The van der Waals surface area contributed by atoms with Crippen molar-refractivity contribution in [2.45, 2.75) is 12.6 Å². The Morgan fingerprint density at radius 3 is 2.93 bits per heavy atom. The van der Waals surface area contributed by atoms with Crippen molar-refractivity contribution < 1.29 is 4.79 Å². The molecular weight excluding hydrogens is 176 g/mol. The van der Waals surface area contributed by atoms with Gasteiger partial charge in [0.1, 0.15) is 6.17 Å². The number of carbonyl (C=O) groups is 1. The second-order valence-electron chi connectivity index (χ2n) is 3.30. The van der Waals surface area contributed by atoms with E-state index in [0.29, 0.717) is 6.42 Å². The molecule has 1 aliphatic rings. The van der Waals surface area contributed by atoms with Crippen LogP contribution in [0.2, 0.25) is 0 Å². The molecule has 1 amide bonds. The number of hydrogen-bond acceptors (Lipinski definition) is 2. The topological polar surface area (TPSA) is 46.3 Å². The van der Waals surface area contributed by atoms with Gasteiger partial charge in [0, 0.05) is 5.69 Å². The van der Waals surface area contributed by atoms with Crippen molar-refractivity contribution in [1.82, 2.24) is 0 Å². The molecule has 0 aromatic heterocycles. The van der Waals surface area contributed by atoms with Crippen LogP contribution >= 0.6 is 0 Å². The standard InChI is InChI=1S/C11H12N2O/c1-2-10(12)13-9-6-4-3-5-8(9)7-11(13)14/h2-6,10H,1,7,12H2. The van der Waals surface area contributed by atoms with Gasteiger partial charge in [-0.3, -0.25) is 9.69 Å². The first-order chi connectivity index (χ1) is 6.74. The Bertz CT molecular complexity index is 387. The van der Waals surface area contributed by atoms with Crippen LogP contribution in [-0.4, -0.2) is 12.1 Å². The number of para-hydroxylation sites is 1. The van der Waals surface area contributed by atoms with Crippen LogP contribution in [0.25, 0.3) is 0 Å². The number of hydrogen-bond donors (Lipinski definition) is 1. The van der Waals surface area contributed by atoms with Crippen LogP contribution in [0.4, 0.5) is 5.69 Å². The van der Waals surface area contributed by atoms with Gasteiger partial charge < -0.3 is 5.73 Å². The Labute approximate surface area is 82.8 Å². The third-order valence-electron chi connectivity index (χ3n) is 2.40. The van der Waals surface area contributed by atoms with Crippen LogP contribution in [0, 0.1) is 0 Å². The number of anilines is 1. The average molecular weight is 188 g/mol. The first kappa shape index (κ1) is 8.97. The van der Waals surface area contributed by atoms with Gasteiger partial charge in [0.2, 0.25) is 5.91 Å². The smallest absolute Gasteiger partial charge is 0.233 e. The normalized spacial score (nSPS) is 16.6. The predicted molar refractivity (Wildman–Crippen MR) is 55.8 cm³/mol. The summed E-state index contributed by atoms with van der Waals surface area (Å²) in [6.07, 6.45) is 1.59. The fourth-order valence-corrected chi connectivity index (χ4v) is 1.71. The molecule has 0 bridgehead atoms. The van der Waals surface area contributed by atoms with Crippen LogP contribution in [-0.2, 0) is 11.2 Å². The van der Waals surface area contributed by atoms with Gasteiger partial charge in [-0.2, -0.15) is 0 Å². The molecule has 3 nitrogen and oxygen atoms in total. The summed E-state index contributed by atoms with van der Waals surface area (Å²) in [5.41, 5.74) is 7.71. The molecule has 2 N–H and O–H groups in total. The lowest BCUT2D eigenvalue weighted by Crippen LogP contribution is -2.42. The lowest BCUT2D eigenvalue weighted by atomic mass is 10.2. The maximum absolute atomic E-state index is 11.6. The molecule has 1 aliphatic heterocycles. The van der Waals surface area contributed by atoms with Crippen LogP contribution in [0.1, 0.15) is 5.56 Å². The maximum Gasteiger partial charge on any atom is 0.233 e. The largest absolute Gasteiger partial charge is 0.308 e. The van der Waals surface area contributed by atoms with E-state index < -0.39 is 6.17 Å². The Kier molecular flexibility index (Phi) is 2.09. The van der Waals surface area contributed by atoms with Gasteiger partial charge in [-0.1, -0.05) is 30.9 Å². The van der Waals surface area contributed by atoms with Crippen molar-refractivity contribution in [2.75, 3.05) is 4.90 Å². The summed E-state index contributed by atoms with van der Waals surface area (Å²) in [6.45, 7) is 3.59. The van der Waals surface area contributed by atoms with Crippen molar-refractivity contribution in [2.24, 2.45) is 5.73 Å². The fraction of sp³-hybridized carbons (Fsp3) is 0.182.